The Morgan fingerprint density at radius 1 is 1.15 bits per heavy atom. The van der Waals surface area contributed by atoms with Crippen LogP contribution in [0.4, 0.5) is 0 Å². The second-order valence-corrected chi connectivity index (χ2v) is 6.87. The number of benzene rings is 2. The van der Waals surface area contributed by atoms with Crippen molar-refractivity contribution < 1.29 is 9.53 Å². The number of hydrogen-bond acceptors (Lipinski definition) is 3. The third kappa shape index (κ3) is 3.31. The molecule has 1 atom stereocenters. The van der Waals surface area contributed by atoms with Gasteiger partial charge in [-0.3, -0.25) is 9.78 Å². The largest absolute Gasteiger partial charge is 0.497 e. The van der Waals surface area contributed by atoms with Gasteiger partial charge in [0.15, 0.2) is 0 Å². The Morgan fingerprint density at radius 2 is 2.04 bits per heavy atom. The summed E-state index contributed by atoms with van der Waals surface area (Å²) in [6.45, 7) is 2.78. The second kappa shape index (κ2) is 7.23. The molecule has 0 radical (unpaired) electrons. The zero-order valence-corrected chi connectivity index (χ0v) is 15.6. The molecule has 1 aromatic heterocycles. The van der Waals surface area contributed by atoms with Crippen molar-refractivity contribution in [2.45, 2.75) is 19.4 Å². The van der Waals surface area contributed by atoms with Gasteiger partial charge in [0.1, 0.15) is 5.75 Å². The molecule has 136 valence electrons. The van der Waals surface area contributed by atoms with Gasteiger partial charge >= 0.3 is 0 Å². The van der Waals surface area contributed by atoms with E-state index in [-0.39, 0.29) is 11.9 Å². The van der Waals surface area contributed by atoms with E-state index < -0.39 is 0 Å². The predicted octanol–water partition coefficient (Wildman–Crippen LogP) is 4.19. The third-order valence-electron chi connectivity index (χ3n) is 5.10. The van der Waals surface area contributed by atoms with E-state index in [0.29, 0.717) is 17.9 Å². The number of carbonyl (C=O) groups is 1. The van der Waals surface area contributed by atoms with Crippen molar-refractivity contribution in [3.8, 4) is 5.75 Å². The molecule has 0 spiro atoms. The second-order valence-electron chi connectivity index (χ2n) is 6.87. The highest BCUT2D eigenvalue weighted by molar-refractivity contribution is 5.95. The Hall–Kier alpha value is -3.14. The lowest BCUT2D eigenvalue weighted by atomic mass is 9.87. The molecule has 0 bridgehead atoms. The van der Waals surface area contributed by atoms with Gasteiger partial charge in [0, 0.05) is 24.5 Å². The molecule has 0 N–H and O–H groups in total. The average molecular weight is 358 g/mol. The Morgan fingerprint density at radius 3 is 2.81 bits per heavy atom. The molecule has 4 rings (SSSR count). The van der Waals surface area contributed by atoms with Gasteiger partial charge in [-0.2, -0.15) is 0 Å². The number of methoxy groups -OCH3 is 1. The fourth-order valence-corrected chi connectivity index (χ4v) is 3.79. The van der Waals surface area contributed by atoms with Crippen LogP contribution in [0.3, 0.4) is 0 Å². The molecule has 27 heavy (non-hydrogen) atoms. The maximum atomic E-state index is 13.4. The monoisotopic (exact) mass is 358 g/mol. The summed E-state index contributed by atoms with van der Waals surface area (Å²) < 4.78 is 5.29. The lowest BCUT2D eigenvalue weighted by molar-refractivity contribution is 0.0694. The first kappa shape index (κ1) is 17.3. The number of amides is 1. The Kier molecular flexibility index (Phi) is 4.63. The molecular formula is C23H22N2O2. The summed E-state index contributed by atoms with van der Waals surface area (Å²) in [5.74, 6) is 0.695. The highest BCUT2D eigenvalue weighted by atomic mass is 16.5. The van der Waals surface area contributed by atoms with E-state index in [1.165, 1.54) is 16.7 Å². The van der Waals surface area contributed by atoms with Crippen LogP contribution in [0.25, 0.3) is 0 Å². The lowest BCUT2D eigenvalue weighted by Crippen LogP contribution is -2.40. The van der Waals surface area contributed by atoms with Gasteiger partial charge in [0.25, 0.3) is 5.91 Å². The van der Waals surface area contributed by atoms with E-state index >= 15 is 0 Å². The van der Waals surface area contributed by atoms with Gasteiger partial charge in [-0.05, 0) is 54.3 Å². The number of pyridine rings is 1. The van der Waals surface area contributed by atoms with E-state index in [9.17, 15) is 4.79 Å². The number of hydrogen-bond donors (Lipinski definition) is 0. The Bertz CT molecular complexity index is 969. The van der Waals surface area contributed by atoms with Gasteiger partial charge in [-0.25, -0.2) is 0 Å². The maximum absolute atomic E-state index is 13.4. The lowest BCUT2D eigenvalue weighted by Gasteiger charge is -2.38. The molecule has 3 aromatic rings. The first-order valence-electron chi connectivity index (χ1n) is 9.12. The summed E-state index contributed by atoms with van der Waals surface area (Å²) in [6, 6.07) is 17.7. The molecule has 0 aliphatic carbocycles. The minimum absolute atomic E-state index is 0.00831. The molecule has 1 amide bonds. The van der Waals surface area contributed by atoms with E-state index in [1.54, 1.807) is 19.4 Å². The molecule has 0 saturated carbocycles. The minimum Gasteiger partial charge on any atom is -0.497 e. The van der Waals surface area contributed by atoms with Crippen LogP contribution >= 0.6 is 0 Å². The van der Waals surface area contributed by atoms with Crippen LogP contribution < -0.4 is 4.74 Å². The number of carbonyl (C=O) groups excluding carboxylic acids is 1. The highest BCUT2D eigenvalue weighted by Gasteiger charge is 2.32. The maximum Gasteiger partial charge on any atom is 0.254 e. The summed E-state index contributed by atoms with van der Waals surface area (Å²) in [6.07, 6.45) is 4.46. The third-order valence-corrected chi connectivity index (χ3v) is 5.10. The molecule has 0 saturated heterocycles. The van der Waals surface area contributed by atoms with Gasteiger partial charge in [0.05, 0.1) is 13.2 Å². The summed E-state index contributed by atoms with van der Waals surface area (Å²) in [7, 11) is 1.61. The first-order chi connectivity index (χ1) is 13.2. The molecule has 1 unspecified atom stereocenters. The molecule has 4 nitrogen and oxygen atoms in total. The molecule has 1 aliphatic rings. The van der Waals surface area contributed by atoms with E-state index in [4.69, 9.17) is 4.74 Å². The van der Waals surface area contributed by atoms with Crippen LogP contribution in [0.1, 0.15) is 38.7 Å². The molecule has 4 heteroatoms. The van der Waals surface area contributed by atoms with E-state index in [2.05, 4.69) is 30.1 Å². The van der Waals surface area contributed by atoms with Crippen molar-refractivity contribution in [1.82, 2.24) is 9.88 Å². The standard InChI is InChI=1S/C23H22N2O2/c1-16-8-9-21-17(13-16)10-12-25(22(21)19-6-4-11-24-15-19)23(26)18-5-3-7-20(14-18)27-2/h3-9,11,13-15,22H,10,12H2,1-2H3. The van der Waals surface area contributed by atoms with Crippen LogP contribution in [0, 0.1) is 6.92 Å². The number of ether oxygens (including phenoxy) is 1. The van der Waals surface area contributed by atoms with Gasteiger partial charge in [-0.1, -0.05) is 35.9 Å². The predicted molar refractivity (Wildman–Crippen MR) is 105 cm³/mol. The molecular weight excluding hydrogens is 336 g/mol. The molecule has 0 fully saturated rings. The fourth-order valence-electron chi connectivity index (χ4n) is 3.79. The number of nitrogens with zero attached hydrogens (tertiary/aromatic N) is 2. The zero-order valence-electron chi connectivity index (χ0n) is 15.6. The van der Waals surface area contributed by atoms with Crippen LogP contribution in [0.15, 0.2) is 67.0 Å². The molecule has 2 aromatic carbocycles. The first-order valence-corrected chi connectivity index (χ1v) is 9.12. The van der Waals surface area contributed by atoms with Crippen molar-refractivity contribution >= 4 is 5.91 Å². The van der Waals surface area contributed by atoms with Crippen LogP contribution in [-0.2, 0) is 6.42 Å². The smallest absolute Gasteiger partial charge is 0.254 e. The number of aryl methyl sites for hydroxylation is 1. The number of rotatable bonds is 3. The van der Waals surface area contributed by atoms with Gasteiger partial charge in [0.2, 0.25) is 0 Å². The quantitative estimate of drug-likeness (QED) is 0.705. The Balaban J connectivity index is 1.79. The number of aromatic nitrogens is 1. The van der Waals surface area contributed by atoms with Crippen molar-refractivity contribution in [1.29, 1.82) is 0 Å². The van der Waals surface area contributed by atoms with Crippen LogP contribution in [0.5, 0.6) is 5.75 Å². The molecule has 2 heterocycles. The van der Waals surface area contributed by atoms with Crippen molar-refractivity contribution in [3.63, 3.8) is 0 Å². The minimum atomic E-state index is -0.137. The molecule has 1 aliphatic heterocycles. The van der Waals surface area contributed by atoms with Gasteiger partial charge < -0.3 is 9.64 Å². The van der Waals surface area contributed by atoms with E-state index in [1.807, 2.05) is 41.4 Å². The average Bonchev–Trinajstić information content (AvgIpc) is 2.73. The number of fused-ring (bicyclic) bond motifs is 1. The summed E-state index contributed by atoms with van der Waals surface area (Å²) in [5.41, 5.74) is 5.39. The van der Waals surface area contributed by atoms with Gasteiger partial charge in [-0.15, -0.1) is 0 Å². The summed E-state index contributed by atoms with van der Waals surface area (Å²) >= 11 is 0. The summed E-state index contributed by atoms with van der Waals surface area (Å²) in [4.78, 5) is 19.6. The highest BCUT2D eigenvalue weighted by Crippen LogP contribution is 2.36. The zero-order chi connectivity index (χ0) is 18.8. The van der Waals surface area contributed by atoms with E-state index in [0.717, 1.165) is 12.0 Å². The summed E-state index contributed by atoms with van der Waals surface area (Å²) in [5, 5.41) is 0. The van der Waals surface area contributed by atoms with Crippen molar-refractivity contribution in [2.75, 3.05) is 13.7 Å². The normalized spacial score (nSPS) is 15.9. The topological polar surface area (TPSA) is 42.4 Å². The fraction of sp³-hybridized carbons (Fsp3) is 0.217. The van der Waals surface area contributed by atoms with Crippen LogP contribution in [0.2, 0.25) is 0 Å². The Labute approximate surface area is 159 Å². The van der Waals surface area contributed by atoms with Crippen molar-refractivity contribution in [3.05, 3.63) is 94.8 Å². The van der Waals surface area contributed by atoms with Crippen LogP contribution in [-0.4, -0.2) is 29.4 Å². The SMILES string of the molecule is COc1cccc(C(=O)N2CCc3cc(C)ccc3C2c2cccnc2)c1. The van der Waals surface area contributed by atoms with Crippen molar-refractivity contribution in [2.24, 2.45) is 0 Å².